The molecular formula is C14H31N3O2. The van der Waals surface area contributed by atoms with Gasteiger partial charge in [-0.25, -0.2) is 0 Å². The first-order chi connectivity index (χ1) is 9.35. The molecule has 0 atom stereocenters. The van der Waals surface area contributed by atoms with E-state index >= 15 is 0 Å². The molecule has 0 saturated carbocycles. The smallest absolute Gasteiger partial charge is 0.191 e. The maximum absolute atomic E-state index is 5.49. The van der Waals surface area contributed by atoms with Gasteiger partial charge in [0.25, 0.3) is 0 Å². The first kappa shape index (κ1) is 18.2. The van der Waals surface area contributed by atoms with E-state index < -0.39 is 0 Å². The lowest BCUT2D eigenvalue weighted by atomic mass is 10.4. The van der Waals surface area contributed by atoms with Crippen molar-refractivity contribution < 1.29 is 9.47 Å². The first-order valence-electron chi connectivity index (χ1n) is 7.52. The highest BCUT2D eigenvalue weighted by atomic mass is 16.5. The van der Waals surface area contributed by atoms with E-state index in [0.717, 1.165) is 64.9 Å². The largest absolute Gasteiger partial charge is 0.382 e. The lowest BCUT2D eigenvalue weighted by Crippen LogP contribution is -2.39. The second kappa shape index (κ2) is 15.2. The summed E-state index contributed by atoms with van der Waals surface area (Å²) in [6.45, 7) is 11.8. The Morgan fingerprint density at radius 1 is 0.947 bits per heavy atom. The van der Waals surface area contributed by atoms with Crippen molar-refractivity contribution in [1.29, 1.82) is 0 Å². The van der Waals surface area contributed by atoms with Crippen LogP contribution in [0.1, 0.15) is 40.0 Å². The second-order valence-corrected chi connectivity index (χ2v) is 4.20. The molecule has 0 aliphatic carbocycles. The zero-order chi connectivity index (χ0) is 14.2. The molecule has 0 amide bonds. The number of unbranched alkanes of at least 4 members (excludes halogenated alkanes) is 1. The maximum Gasteiger partial charge on any atom is 0.191 e. The summed E-state index contributed by atoms with van der Waals surface area (Å²) in [6.07, 6.45) is 3.26. The summed E-state index contributed by atoms with van der Waals surface area (Å²) in [4.78, 5) is 4.48. The molecular weight excluding hydrogens is 242 g/mol. The van der Waals surface area contributed by atoms with Crippen molar-refractivity contribution in [2.75, 3.05) is 46.1 Å². The van der Waals surface area contributed by atoms with Crippen molar-refractivity contribution in [1.82, 2.24) is 10.6 Å². The molecule has 0 aliphatic rings. The average molecular weight is 273 g/mol. The minimum Gasteiger partial charge on any atom is -0.382 e. The van der Waals surface area contributed by atoms with Crippen molar-refractivity contribution in [2.24, 2.45) is 4.99 Å². The molecule has 0 aromatic carbocycles. The molecule has 19 heavy (non-hydrogen) atoms. The van der Waals surface area contributed by atoms with Gasteiger partial charge in [-0.05, 0) is 26.7 Å². The third-order valence-electron chi connectivity index (χ3n) is 2.45. The fourth-order valence-corrected chi connectivity index (χ4v) is 1.43. The average Bonchev–Trinajstić information content (AvgIpc) is 2.42. The van der Waals surface area contributed by atoms with Crippen LogP contribution < -0.4 is 10.6 Å². The van der Waals surface area contributed by atoms with Gasteiger partial charge in [0, 0.05) is 39.5 Å². The molecule has 0 rings (SSSR count). The van der Waals surface area contributed by atoms with E-state index in [0.29, 0.717) is 0 Å². The fraction of sp³-hybridized carbons (Fsp3) is 0.929. The number of hydrogen-bond donors (Lipinski definition) is 2. The van der Waals surface area contributed by atoms with Crippen LogP contribution in [0.15, 0.2) is 4.99 Å². The van der Waals surface area contributed by atoms with Crippen molar-refractivity contribution in [3.63, 3.8) is 0 Å². The van der Waals surface area contributed by atoms with Gasteiger partial charge >= 0.3 is 0 Å². The Labute approximate surface area is 118 Å². The number of aliphatic imine (C=N–C) groups is 1. The van der Waals surface area contributed by atoms with Crippen LogP contribution in [0.2, 0.25) is 0 Å². The van der Waals surface area contributed by atoms with Crippen molar-refractivity contribution in [3.05, 3.63) is 0 Å². The molecule has 0 heterocycles. The number of guanidine groups is 1. The highest BCUT2D eigenvalue weighted by Crippen LogP contribution is 1.87. The highest BCUT2D eigenvalue weighted by Gasteiger charge is 1.96. The number of hydrogen-bond acceptors (Lipinski definition) is 3. The molecule has 0 radical (unpaired) electrons. The van der Waals surface area contributed by atoms with Crippen LogP contribution >= 0.6 is 0 Å². The standard InChI is InChI=1S/C14H31N3O2/c1-4-7-11-19-13-10-17-14(15-5-2)16-9-8-12-18-6-3/h4-13H2,1-3H3,(H2,15,16,17). The van der Waals surface area contributed by atoms with E-state index in [2.05, 4.69) is 29.5 Å². The SMILES string of the molecule is CCCCOCCNC(=NCCCOCC)NCC. The number of nitrogens with one attached hydrogen (secondary N) is 2. The lowest BCUT2D eigenvalue weighted by molar-refractivity contribution is 0.136. The topological polar surface area (TPSA) is 54.9 Å². The molecule has 0 aromatic rings. The molecule has 0 unspecified atom stereocenters. The van der Waals surface area contributed by atoms with Crippen LogP contribution in [0.25, 0.3) is 0 Å². The fourth-order valence-electron chi connectivity index (χ4n) is 1.43. The predicted molar refractivity (Wildman–Crippen MR) is 80.8 cm³/mol. The Kier molecular flexibility index (Phi) is 14.6. The van der Waals surface area contributed by atoms with Gasteiger partial charge in [0.15, 0.2) is 5.96 Å². The third-order valence-corrected chi connectivity index (χ3v) is 2.45. The van der Waals surface area contributed by atoms with Crippen LogP contribution in [-0.2, 0) is 9.47 Å². The normalized spacial score (nSPS) is 11.6. The summed E-state index contributed by atoms with van der Waals surface area (Å²) in [7, 11) is 0. The Morgan fingerprint density at radius 3 is 2.42 bits per heavy atom. The highest BCUT2D eigenvalue weighted by molar-refractivity contribution is 5.79. The molecule has 0 spiro atoms. The van der Waals surface area contributed by atoms with Gasteiger partial charge < -0.3 is 20.1 Å². The summed E-state index contributed by atoms with van der Waals surface area (Å²) >= 11 is 0. The Balaban J connectivity index is 3.62. The number of ether oxygens (including phenoxy) is 2. The van der Waals surface area contributed by atoms with Crippen molar-refractivity contribution in [3.8, 4) is 0 Å². The summed E-state index contributed by atoms with van der Waals surface area (Å²) in [5.74, 6) is 0.859. The summed E-state index contributed by atoms with van der Waals surface area (Å²) in [6, 6.07) is 0. The molecule has 0 fully saturated rings. The van der Waals surface area contributed by atoms with Gasteiger partial charge in [-0.1, -0.05) is 13.3 Å². The zero-order valence-corrected chi connectivity index (χ0v) is 12.8. The van der Waals surface area contributed by atoms with E-state index in [1.807, 2.05) is 6.92 Å². The van der Waals surface area contributed by atoms with Crippen LogP contribution in [0.3, 0.4) is 0 Å². The van der Waals surface area contributed by atoms with Gasteiger partial charge in [-0.2, -0.15) is 0 Å². The summed E-state index contributed by atoms with van der Waals surface area (Å²) in [5.41, 5.74) is 0. The molecule has 0 bridgehead atoms. The van der Waals surface area contributed by atoms with E-state index in [1.54, 1.807) is 0 Å². The van der Waals surface area contributed by atoms with Crippen LogP contribution in [0, 0.1) is 0 Å². The predicted octanol–water partition coefficient (Wildman–Crippen LogP) is 1.78. The monoisotopic (exact) mass is 273 g/mol. The van der Waals surface area contributed by atoms with Crippen LogP contribution in [0.4, 0.5) is 0 Å². The molecule has 114 valence electrons. The summed E-state index contributed by atoms with van der Waals surface area (Å²) in [5, 5.41) is 6.48. The van der Waals surface area contributed by atoms with Gasteiger partial charge in [0.05, 0.1) is 6.61 Å². The van der Waals surface area contributed by atoms with Gasteiger partial charge in [-0.3, -0.25) is 4.99 Å². The van der Waals surface area contributed by atoms with E-state index in [1.165, 1.54) is 6.42 Å². The Bertz CT molecular complexity index is 211. The van der Waals surface area contributed by atoms with Crippen LogP contribution in [0.5, 0.6) is 0 Å². The Hall–Kier alpha value is -0.810. The minimum absolute atomic E-state index is 0.726. The molecule has 2 N–H and O–H groups in total. The van der Waals surface area contributed by atoms with Gasteiger partial charge in [0.1, 0.15) is 0 Å². The molecule has 5 heteroatoms. The number of rotatable bonds is 12. The molecule has 0 saturated heterocycles. The molecule has 5 nitrogen and oxygen atoms in total. The summed E-state index contributed by atoms with van der Waals surface area (Å²) < 4.78 is 10.8. The van der Waals surface area contributed by atoms with Crippen LogP contribution in [-0.4, -0.2) is 52.0 Å². The zero-order valence-electron chi connectivity index (χ0n) is 12.8. The van der Waals surface area contributed by atoms with E-state index in [9.17, 15) is 0 Å². The Morgan fingerprint density at radius 2 is 1.74 bits per heavy atom. The quantitative estimate of drug-likeness (QED) is 0.323. The van der Waals surface area contributed by atoms with E-state index in [-0.39, 0.29) is 0 Å². The molecule has 0 aliphatic heterocycles. The lowest BCUT2D eigenvalue weighted by Gasteiger charge is -2.11. The minimum atomic E-state index is 0.726. The second-order valence-electron chi connectivity index (χ2n) is 4.20. The van der Waals surface area contributed by atoms with E-state index in [4.69, 9.17) is 9.47 Å². The van der Waals surface area contributed by atoms with Gasteiger partial charge in [-0.15, -0.1) is 0 Å². The van der Waals surface area contributed by atoms with Crippen molar-refractivity contribution >= 4 is 5.96 Å². The van der Waals surface area contributed by atoms with Crippen molar-refractivity contribution in [2.45, 2.75) is 40.0 Å². The maximum atomic E-state index is 5.49. The molecule has 0 aromatic heterocycles. The first-order valence-corrected chi connectivity index (χ1v) is 7.52. The third kappa shape index (κ3) is 13.4. The van der Waals surface area contributed by atoms with Gasteiger partial charge in [0.2, 0.25) is 0 Å². The number of nitrogens with zero attached hydrogens (tertiary/aromatic N) is 1.